The second-order valence-corrected chi connectivity index (χ2v) is 8.31. The lowest BCUT2D eigenvalue weighted by molar-refractivity contribution is -0.127. The normalized spacial score (nSPS) is 13.5. The van der Waals surface area contributed by atoms with Crippen molar-refractivity contribution < 1.29 is 14.3 Å². The van der Waals surface area contributed by atoms with Gasteiger partial charge >= 0.3 is 0 Å². The molecule has 1 aliphatic rings. The number of methoxy groups -OCH3 is 1. The number of imide groups is 1. The molecule has 0 saturated heterocycles. The molecule has 32 heavy (non-hydrogen) atoms. The Balaban J connectivity index is 1.88. The molecule has 0 spiro atoms. The predicted molar refractivity (Wildman–Crippen MR) is 122 cm³/mol. The Kier molecular flexibility index (Phi) is 5.88. The lowest BCUT2D eigenvalue weighted by Gasteiger charge is -2.21. The topological polar surface area (TPSA) is 89.3 Å². The van der Waals surface area contributed by atoms with Crippen LogP contribution in [0.1, 0.15) is 35.5 Å². The highest BCUT2D eigenvalue weighted by Crippen LogP contribution is 2.38. The van der Waals surface area contributed by atoms with Crippen molar-refractivity contribution in [1.29, 1.82) is 0 Å². The number of likely N-dealkylation sites (N-methyl/N-ethyl adjacent to an activating group) is 1. The fourth-order valence-electron chi connectivity index (χ4n) is 3.70. The molecule has 4 rings (SSSR count). The summed E-state index contributed by atoms with van der Waals surface area (Å²) in [7, 11) is 3.10. The maximum absolute atomic E-state index is 13.1. The van der Waals surface area contributed by atoms with Crippen LogP contribution in [0.4, 0.5) is 5.82 Å². The first-order valence-corrected chi connectivity index (χ1v) is 10.6. The van der Waals surface area contributed by atoms with E-state index in [2.05, 4.69) is 15.4 Å². The third-order valence-electron chi connectivity index (χ3n) is 5.30. The van der Waals surface area contributed by atoms with Crippen molar-refractivity contribution in [2.45, 2.75) is 32.9 Å². The van der Waals surface area contributed by atoms with Gasteiger partial charge in [-0.3, -0.25) is 19.2 Å². The number of aromatic nitrogens is 3. The van der Waals surface area contributed by atoms with Gasteiger partial charge in [0.25, 0.3) is 5.91 Å². The number of nitrogens with one attached hydrogen (secondary N) is 1. The minimum absolute atomic E-state index is 0.0555. The van der Waals surface area contributed by atoms with E-state index in [-0.39, 0.29) is 18.4 Å². The number of pyridine rings is 1. The van der Waals surface area contributed by atoms with Gasteiger partial charge < -0.3 is 10.1 Å². The van der Waals surface area contributed by atoms with E-state index in [4.69, 9.17) is 16.3 Å². The van der Waals surface area contributed by atoms with E-state index in [0.29, 0.717) is 39.9 Å². The fourth-order valence-corrected chi connectivity index (χ4v) is 3.95. The lowest BCUT2D eigenvalue weighted by Crippen LogP contribution is -2.39. The smallest absolute Gasteiger partial charge is 0.264 e. The van der Waals surface area contributed by atoms with Crippen LogP contribution >= 0.6 is 11.6 Å². The number of fused-ring (bicyclic) bond motifs is 1. The number of carbonyl (C=O) groups is 2. The van der Waals surface area contributed by atoms with Crippen LogP contribution in [0.3, 0.4) is 0 Å². The summed E-state index contributed by atoms with van der Waals surface area (Å²) in [5.74, 6) is 0.597. The molecule has 0 saturated carbocycles. The SMILES string of the molecule is COc1ccc(Cn2nc3c(c2-c2ccnc(NC(C)C)c2Cl)C(=O)N(C)C(=O)C3)cc1. The average Bonchev–Trinajstić information content (AvgIpc) is 3.11. The highest BCUT2D eigenvalue weighted by atomic mass is 35.5. The highest BCUT2D eigenvalue weighted by molar-refractivity contribution is 6.36. The first kappa shape index (κ1) is 21.8. The van der Waals surface area contributed by atoms with Gasteiger partial charge in [-0.2, -0.15) is 5.10 Å². The molecule has 3 heterocycles. The van der Waals surface area contributed by atoms with Gasteiger partial charge in [0.1, 0.15) is 11.6 Å². The summed E-state index contributed by atoms with van der Waals surface area (Å²) in [4.78, 5) is 30.9. The molecule has 2 aromatic heterocycles. The summed E-state index contributed by atoms with van der Waals surface area (Å²) in [5.41, 5.74) is 3.00. The Morgan fingerprint density at radius 2 is 1.91 bits per heavy atom. The number of carbonyl (C=O) groups excluding carboxylic acids is 2. The van der Waals surface area contributed by atoms with Crippen molar-refractivity contribution in [2.24, 2.45) is 0 Å². The van der Waals surface area contributed by atoms with E-state index in [1.807, 2.05) is 38.1 Å². The zero-order valence-corrected chi connectivity index (χ0v) is 19.1. The largest absolute Gasteiger partial charge is 0.497 e. The van der Waals surface area contributed by atoms with Crippen molar-refractivity contribution in [3.63, 3.8) is 0 Å². The maximum Gasteiger partial charge on any atom is 0.264 e. The van der Waals surface area contributed by atoms with E-state index >= 15 is 0 Å². The van der Waals surface area contributed by atoms with Crippen molar-refractivity contribution in [1.82, 2.24) is 19.7 Å². The Morgan fingerprint density at radius 1 is 1.19 bits per heavy atom. The van der Waals surface area contributed by atoms with Crippen LogP contribution in [0, 0.1) is 0 Å². The standard InChI is InChI=1S/C23H24ClN5O3/c1-13(2)26-22-20(24)16(9-10-25-22)21-19-17(11-18(30)28(3)23(19)31)27-29(21)12-14-5-7-15(32-4)8-6-14/h5-10,13H,11-12H2,1-4H3,(H,25,26). The summed E-state index contributed by atoms with van der Waals surface area (Å²) in [6.45, 7) is 4.37. The highest BCUT2D eigenvalue weighted by Gasteiger charge is 2.36. The van der Waals surface area contributed by atoms with Crippen molar-refractivity contribution in [3.05, 3.63) is 58.4 Å². The molecule has 1 aromatic carbocycles. The molecule has 1 N–H and O–H groups in total. The minimum Gasteiger partial charge on any atom is -0.497 e. The summed E-state index contributed by atoms with van der Waals surface area (Å²) in [5, 5.41) is 8.27. The Bertz CT molecular complexity index is 1190. The second-order valence-electron chi connectivity index (χ2n) is 7.93. The van der Waals surface area contributed by atoms with Crippen LogP contribution in [0.2, 0.25) is 5.02 Å². The molecular formula is C23H24ClN5O3. The second kappa shape index (κ2) is 8.63. The van der Waals surface area contributed by atoms with Gasteiger partial charge in [-0.1, -0.05) is 23.7 Å². The van der Waals surface area contributed by atoms with E-state index in [9.17, 15) is 9.59 Å². The van der Waals surface area contributed by atoms with Crippen LogP contribution in [-0.2, 0) is 17.8 Å². The van der Waals surface area contributed by atoms with E-state index < -0.39 is 5.91 Å². The lowest BCUT2D eigenvalue weighted by atomic mass is 10.00. The van der Waals surface area contributed by atoms with E-state index in [1.165, 1.54) is 7.05 Å². The summed E-state index contributed by atoms with van der Waals surface area (Å²) in [6.07, 6.45) is 1.70. The quantitative estimate of drug-likeness (QED) is 0.573. The summed E-state index contributed by atoms with van der Waals surface area (Å²) >= 11 is 6.74. The Hall–Kier alpha value is -3.39. The molecule has 0 fully saturated rings. The molecule has 0 radical (unpaired) electrons. The summed E-state index contributed by atoms with van der Waals surface area (Å²) < 4.78 is 6.97. The molecule has 1 aliphatic heterocycles. The van der Waals surface area contributed by atoms with Crippen LogP contribution < -0.4 is 10.1 Å². The van der Waals surface area contributed by atoms with Gasteiger partial charge in [0, 0.05) is 24.8 Å². The Morgan fingerprint density at radius 3 is 2.56 bits per heavy atom. The third kappa shape index (κ3) is 3.93. The number of nitrogens with zero attached hydrogens (tertiary/aromatic N) is 4. The summed E-state index contributed by atoms with van der Waals surface area (Å²) in [6, 6.07) is 9.48. The van der Waals surface area contributed by atoms with Gasteiger partial charge in [0.2, 0.25) is 5.91 Å². The molecule has 9 heteroatoms. The maximum atomic E-state index is 13.1. The van der Waals surface area contributed by atoms with Crippen LogP contribution in [0.15, 0.2) is 36.5 Å². The zero-order valence-electron chi connectivity index (χ0n) is 18.3. The number of halogens is 1. The van der Waals surface area contributed by atoms with Crippen LogP contribution in [0.5, 0.6) is 5.75 Å². The molecule has 8 nitrogen and oxygen atoms in total. The van der Waals surface area contributed by atoms with E-state index in [1.54, 1.807) is 24.1 Å². The molecule has 0 unspecified atom stereocenters. The monoisotopic (exact) mass is 453 g/mol. The first-order chi connectivity index (χ1) is 15.3. The van der Waals surface area contributed by atoms with Gasteiger partial charge in [-0.25, -0.2) is 4.98 Å². The number of ether oxygens (including phenoxy) is 1. The van der Waals surface area contributed by atoms with Gasteiger partial charge in [0.05, 0.1) is 42.0 Å². The molecule has 0 atom stereocenters. The van der Waals surface area contributed by atoms with Gasteiger partial charge in [-0.15, -0.1) is 0 Å². The number of anilines is 1. The molecule has 2 amide bonds. The number of hydrogen-bond donors (Lipinski definition) is 1. The molecule has 3 aromatic rings. The van der Waals surface area contributed by atoms with Crippen molar-refractivity contribution >= 4 is 29.2 Å². The Labute approximate surface area is 191 Å². The fraction of sp³-hybridized carbons (Fsp3) is 0.304. The number of amides is 2. The number of rotatable bonds is 6. The first-order valence-electron chi connectivity index (χ1n) is 10.2. The van der Waals surface area contributed by atoms with Crippen LogP contribution in [0.25, 0.3) is 11.3 Å². The molecular weight excluding hydrogens is 430 g/mol. The average molecular weight is 454 g/mol. The molecule has 166 valence electrons. The van der Waals surface area contributed by atoms with Gasteiger partial charge in [0.15, 0.2) is 0 Å². The van der Waals surface area contributed by atoms with E-state index in [0.717, 1.165) is 16.2 Å². The molecule has 0 aliphatic carbocycles. The number of benzene rings is 1. The molecule has 0 bridgehead atoms. The van der Waals surface area contributed by atoms with Crippen molar-refractivity contribution in [3.8, 4) is 17.0 Å². The predicted octanol–water partition coefficient (Wildman–Crippen LogP) is 3.63. The minimum atomic E-state index is -0.390. The van der Waals surface area contributed by atoms with Gasteiger partial charge in [-0.05, 0) is 37.6 Å². The van der Waals surface area contributed by atoms with Crippen LogP contribution in [-0.4, -0.2) is 51.7 Å². The number of hydrogen-bond acceptors (Lipinski definition) is 6. The third-order valence-corrected chi connectivity index (χ3v) is 5.68. The van der Waals surface area contributed by atoms with Crippen molar-refractivity contribution in [2.75, 3.05) is 19.5 Å². The zero-order chi connectivity index (χ0) is 23.0.